The summed E-state index contributed by atoms with van der Waals surface area (Å²) in [6.07, 6.45) is 0.969. The molecule has 21 heavy (non-hydrogen) atoms. The van der Waals surface area contributed by atoms with Crippen LogP contribution in [0.2, 0.25) is 0 Å². The van der Waals surface area contributed by atoms with E-state index in [2.05, 4.69) is 22.8 Å². The average Bonchev–Trinajstić information content (AvgIpc) is 2.98. The molecule has 2 aromatic rings. The third kappa shape index (κ3) is 3.12. The van der Waals surface area contributed by atoms with Gasteiger partial charge in [-0.2, -0.15) is 0 Å². The van der Waals surface area contributed by atoms with E-state index in [4.69, 9.17) is 0 Å². The molecule has 2 N–H and O–H groups in total. The second-order valence-corrected chi connectivity index (χ2v) is 5.33. The van der Waals surface area contributed by atoms with Crippen molar-refractivity contribution in [1.82, 2.24) is 10.6 Å². The Kier molecular flexibility index (Phi) is 4.27. The maximum atomic E-state index is 13.7. The molecule has 4 heteroatoms. The number of benzene rings is 2. The molecule has 0 radical (unpaired) electrons. The lowest BCUT2D eigenvalue weighted by Gasteiger charge is -2.21. The third-order valence-corrected chi connectivity index (χ3v) is 3.97. The highest BCUT2D eigenvalue weighted by atomic mass is 19.2. The Morgan fingerprint density at radius 2 is 1.86 bits per heavy atom. The maximum Gasteiger partial charge on any atom is 0.163 e. The lowest BCUT2D eigenvalue weighted by molar-refractivity contribution is 0.445. The van der Waals surface area contributed by atoms with Gasteiger partial charge in [-0.25, -0.2) is 8.78 Å². The Bertz CT molecular complexity index is 601. The number of hydrogen-bond donors (Lipinski definition) is 2. The average molecular weight is 288 g/mol. The van der Waals surface area contributed by atoms with Crippen molar-refractivity contribution in [2.75, 3.05) is 6.54 Å². The van der Waals surface area contributed by atoms with Gasteiger partial charge in [0.2, 0.25) is 0 Å². The lowest BCUT2D eigenvalue weighted by Crippen LogP contribution is -2.34. The highest BCUT2D eigenvalue weighted by Crippen LogP contribution is 2.24. The van der Waals surface area contributed by atoms with E-state index in [9.17, 15) is 8.78 Å². The minimum absolute atomic E-state index is 0.211. The molecule has 0 amide bonds. The number of hydrogen-bond acceptors (Lipinski definition) is 2. The van der Waals surface area contributed by atoms with Gasteiger partial charge in [-0.3, -0.25) is 0 Å². The number of nitrogens with one attached hydrogen (secondary N) is 2. The molecule has 110 valence electrons. The van der Waals surface area contributed by atoms with E-state index in [0.29, 0.717) is 12.1 Å². The van der Waals surface area contributed by atoms with E-state index in [1.165, 1.54) is 11.6 Å². The minimum atomic E-state index is -0.793. The van der Waals surface area contributed by atoms with Crippen LogP contribution in [-0.4, -0.2) is 12.6 Å². The maximum absolute atomic E-state index is 13.7. The molecule has 0 bridgehead atoms. The van der Waals surface area contributed by atoms with E-state index in [1.54, 1.807) is 6.07 Å². The molecule has 1 aliphatic rings. The first-order valence-electron chi connectivity index (χ1n) is 7.20. The van der Waals surface area contributed by atoms with Gasteiger partial charge in [0.05, 0.1) is 0 Å². The molecule has 0 saturated carbocycles. The number of halogens is 2. The Hall–Kier alpha value is -1.78. The van der Waals surface area contributed by atoms with Gasteiger partial charge in [0, 0.05) is 24.2 Å². The molecular weight excluding hydrogens is 270 g/mol. The van der Waals surface area contributed by atoms with Crippen molar-refractivity contribution in [2.24, 2.45) is 0 Å². The van der Waals surface area contributed by atoms with Crippen LogP contribution in [0.5, 0.6) is 0 Å². The normalized spacial score (nSPS) is 21.6. The summed E-state index contributed by atoms with van der Waals surface area (Å²) in [5.41, 5.74) is 1.58. The van der Waals surface area contributed by atoms with Gasteiger partial charge in [-0.05, 0) is 24.6 Å². The summed E-state index contributed by atoms with van der Waals surface area (Å²) in [5, 5.41) is 6.80. The summed E-state index contributed by atoms with van der Waals surface area (Å²) in [5.74, 6) is -1.55. The molecule has 2 aromatic carbocycles. The topological polar surface area (TPSA) is 24.1 Å². The largest absolute Gasteiger partial charge is 0.309 e. The number of rotatable bonds is 4. The van der Waals surface area contributed by atoms with Crippen LogP contribution >= 0.6 is 0 Å². The van der Waals surface area contributed by atoms with E-state index >= 15 is 0 Å². The summed E-state index contributed by atoms with van der Waals surface area (Å²) < 4.78 is 26.9. The van der Waals surface area contributed by atoms with Gasteiger partial charge in [-0.1, -0.05) is 42.5 Å². The van der Waals surface area contributed by atoms with E-state index < -0.39 is 11.6 Å². The van der Waals surface area contributed by atoms with Crippen molar-refractivity contribution in [3.05, 3.63) is 71.3 Å². The van der Waals surface area contributed by atoms with Gasteiger partial charge in [0.15, 0.2) is 11.6 Å². The zero-order chi connectivity index (χ0) is 14.7. The molecule has 1 saturated heterocycles. The molecule has 1 aliphatic heterocycles. The van der Waals surface area contributed by atoms with Crippen molar-refractivity contribution in [2.45, 2.75) is 25.0 Å². The van der Waals surface area contributed by atoms with Crippen LogP contribution in [-0.2, 0) is 6.54 Å². The van der Waals surface area contributed by atoms with Crippen LogP contribution in [0, 0.1) is 11.6 Å². The Labute approximate surface area is 123 Å². The van der Waals surface area contributed by atoms with Crippen molar-refractivity contribution >= 4 is 0 Å². The van der Waals surface area contributed by atoms with Crippen molar-refractivity contribution in [1.29, 1.82) is 0 Å². The fraction of sp³-hybridized carbons (Fsp3) is 0.294. The Morgan fingerprint density at radius 1 is 1.05 bits per heavy atom. The predicted molar refractivity (Wildman–Crippen MR) is 78.8 cm³/mol. The zero-order valence-corrected chi connectivity index (χ0v) is 11.7. The molecule has 0 spiro atoms. The fourth-order valence-corrected chi connectivity index (χ4v) is 2.86. The Morgan fingerprint density at radius 3 is 2.67 bits per heavy atom. The van der Waals surface area contributed by atoms with Crippen LogP contribution in [0.25, 0.3) is 0 Å². The highest BCUT2D eigenvalue weighted by molar-refractivity contribution is 5.23. The smallest absolute Gasteiger partial charge is 0.163 e. The molecule has 2 atom stereocenters. The van der Waals surface area contributed by atoms with Crippen molar-refractivity contribution in [3.63, 3.8) is 0 Å². The molecule has 1 heterocycles. The van der Waals surface area contributed by atoms with Gasteiger partial charge in [0.1, 0.15) is 0 Å². The second-order valence-electron chi connectivity index (χ2n) is 5.33. The minimum Gasteiger partial charge on any atom is -0.309 e. The van der Waals surface area contributed by atoms with Gasteiger partial charge >= 0.3 is 0 Å². The van der Waals surface area contributed by atoms with Crippen LogP contribution in [0.4, 0.5) is 8.78 Å². The molecule has 0 unspecified atom stereocenters. The van der Waals surface area contributed by atoms with Crippen LogP contribution in [0.3, 0.4) is 0 Å². The Balaban J connectivity index is 1.68. The molecule has 1 fully saturated rings. The third-order valence-electron chi connectivity index (χ3n) is 3.97. The fourth-order valence-electron chi connectivity index (χ4n) is 2.86. The first-order valence-corrected chi connectivity index (χ1v) is 7.20. The standard InChI is InChI=1S/C17H18F2N2/c18-14-8-4-7-13(16(14)19)11-21-15-9-10-20-17(15)12-5-2-1-3-6-12/h1-8,15,17,20-21H,9-11H2/t15-,17-/m0/s1. The van der Waals surface area contributed by atoms with E-state index in [1.807, 2.05) is 18.2 Å². The summed E-state index contributed by atoms with van der Waals surface area (Å²) in [6.45, 7) is 1.25. The van der Waals surface area contributed by atoms with E-state index in [0.717, 1.165) is 19.0 Å². The monoisotopic (exact) mass is 288 g/mol. The first kappa shape index (κ1) is 14.2. The predicted octanol–water partition coefficient (Wildman–Crippen LogP) is 3.16. The van der Waals surface area contributed by atoms with Crippen LogP contribution in [0.15, 0.2) is 48.5 Å². The summed E-state index contributed by atoms with van der Waals surface area (Å²) in [7, 11) is 0. The van der Waals surface area contributed by atoms with Gasteiger partial charge < -0.3 is 10.6 Å². The second kappa shape index (κ2) is 6.33. The van der Waals surface area contributed by atoms with Crippen molar-refractivity contribution < 1.29 is 8.78 Å². The quantitative estimate of drug-likeness (QED) is 0.903. The van der Waals surface area contributed by atoms with Gasteiger partial charge in [0.25, 0.3) is 0 Å². The summed E-state index contributed by atoms with van der Waals surface area (Å²) in [4.78, 5) is 0. The highest BCUT2D eigenvalue weighted by Gasteiger charge is 2.27. The van der Waals surface area contributed by atoms with Crippen molar-refractivity contribution in [3.8, 4) is 0 Å². The first-order chi connectivity index (χ1) is 10.3. The van der Waals surface area contributed by atoms with Gasteiger partial charge in [-0.15, -0.1) is 0 Å². The molecule has 0 aromatic heterocycles. The molecule has 3 rings (SSSR count). The lowest BCUT2D eigenvalue weighted by atomic mass is 10.0. The summed E-state index contributed by atoms with van der Waals surface area (Å²) in [6, 6.07) is 14.9. The SMILES string of the molecule is Fc1cccc(CN[C@H]2CCN[C@H]2c2ccccc2)c1F. The zero-order valence-electron chi connectivity index (χ0n) is 11.7. The van der Waals surface area contributed by atoms with E-state index in [-0.39, 0.29) is 12.1 Å². The summed E-state index contributed by atoms with van der Waals surface area (Å²) >= 11 is 0. The van der Waals surface area contributed by atoms with Crippen LogP contribution in [0.1, 0.15) is 23.6 Å². The molecular formula is C17H18F2N2. The molecule has 0 aliphatic carbocycles. The molecule has 2 nitrogen and oxygen atoms in total. The van der Waals surface area contributed by atoms with Crippen LogP contribution < -0.4 is 10.6 Å².